The van der Waals surface area contributed by atoms with Gasteiger partial charge in [0.1, 0.15) is 0 Å². The number of hydrogen-bond acceptors (Lipinski definition) is 3. The van der Waals surface area contributed by atoms with Crippen molar-refractivity contribution >= 4 is 23.2 Å². The van der Waals surface area contributed by atoms with Crippen molar-refractivity contribution in [2.75, 3.05) is 7.11 Å². The molecule has 0 aliphatic rings. The SMILES string of the molecule is COC(=O)c1ccc2c(c1)c(C=O)c(C)n2-c1ccccc1. The summed E-state index contributed by atoms with van der Waals surface area (Å²) in [5, 5.41) is 0.749. The monoisotopic (exact) mass is 293 g/mol. The van der Waals surface area contributed by atoms with Crippen LogP contribution in [0.1, 0.15) is 26.4 Å². The van der Waals surface area contributed by atoms with Crippen molar-refractivity contribution in [2.24, 2.45) is 0 Å². The smallest absolute Gasteiger partial charge is 0.337 e. The van der Waals surface area contributed by atoms with Crippen LogP contribution >= 0.6 is 0 Å². The average molecular weight is 293 g/mol. The standard InChI is InChI=1S/C18H15NO3/c1-12-16(11-20)15-10-13(18(21)22-2)8-9-17(15)19(12)14-6-4-3-5-7-14/h3-11H,1-2H3. The van der Waals surface area contributed by atoms with Crippen molar-refractivity contribution in [3.05, 3.63) is 65.4 Å². The number of carbonyl (C=O) groups is 2. The zero-order chi connectivity index (χ0) is 15.7. The van der Waals surface area contributed by atoms with E-state index in [2.05, 4.69) is 0 Å². The van der Waals surface area contributed by atoms with Gasteiger partial charge in [0.2, 0.25) is 0 Å². The Morgan fingerprint density at radius 3 is 2.50 bits per heavy atom. The maximum Gasteiger partial charge on any atom is 0.337 e. The Labute approximate surface area is 127 Å². The van der Waals surface area contributed by atoms with Crippen LogP contribution < -0.4 is 0 Å². The van der Waals surface area contributed by atoms with Crippen molar-refractivity contribution in [2.45, 2.75) is 6.92 Å². The summed E-state index contributed by atoms with van der Waals surface area (Å²) >= 11 is 0. The molecule has 0 amide bonds. The predicted octanol–water partition coefficient (Wildman–Crippen LogP) is 3.54. The lowest BCUT2D eigenvalue weighted by Gasteiger charge is -2.08. The summed E-state index contributed by atoms with van der Waals surface area (Å²) < 4.78 is 6.76. The highest BCUT2D eigenvalue weighted by Crippen LogP contribution is 2.29. The van der Waals surface area contributed by atoms with Crippen LogP contribution in [-0.2, 0) is 4.74 Å². The zero-order valence-electron chi connectivity index (χ0n) is 12.4. The fraction of sp³-hybridized carbons (Fsp3) is 0.111. The average Bonchev–Trinajstić information content (AvgIpc) is 2.85. The topological polar surface area (TPSA) is 48.3 Å². The van der Waals surface area contributed by atoms with E-state index in [1.54, 1.807) is 12.1 Å². The number of para-hydroxylation sites is 1. The number of benzene rings is 2. The van der Waals surface area contributed by atoms with Crippen LogP contribution in [-0.4, -0.2) is 23.9 Å². The van der Waals surface area contributed by atoms with Gasteiger partial charge < -0.3 is 9.30 Å². The van der Waals surface area contributed by atoms with Crippen LogP contribution in [0, 0.1) is 6.92 Å². The maximum atomic E-state index is 11.7. The van der Waals surface area contributed by atoms with E-state index in [1.165, 1.54) is 7.11 Å². The highest BCUT2D eigenvalue weighted by atomic mass is 16.5. The van der Waals surface area contributed by atoms with Gasteiger partial charge in [0.25, 0.3) is 0 Å². The quantitative estimate of drug-likeness (QED) is 0.548. The molecule has 0 spiro atoms. The number of aldehydes is 1. The lowest BCUT2D eigenvalue weighted by Crippen LogP contribution is -2.01. The first kappa shape index (κ1) is 14.1. The summed E-state index contributed by atoms with van der Waals surface area (Å²) in [6.45, 7) is 1.90. The summed E-state index contributed by atoms with van der Waals surface area (Å²) in [5.41, 5.74) is 3.73. The molecule has 0 aliphatic heterocycles. The van der Waals surface area contributed by atoms with E-state index in [9.17, 15) is 9.59 Å². The third-order valence-corrected chi connectivity index (χ3v) is 3.81. The van der Waals surface area contributed by atoms with Crippen LogP contribution in [0.5, 0.6) is 0 Å². The van der Waals surface area contributed by atoms with Crippen molar-refractivity contribution in [1.29, 1.82) is 0 Å². The Kier molecular flexibility index (Phi) is 3.51. The van der Waals surface area contributed by atoms with Gasteiger partial charge in [-0.3, -0.25) is 4.79 Å². The van der Waals surface area contributed by atoms with Gasteiger partial charge in [0.05, 0.1) is 18.2 Å². The number of aromatic nitrogens is 1. The highest BCUT2D eigenvalue weighted by Gasteiger charge is 2.17. The summed E-state index contributed by atoms with van der Waals surface area (Å²) in [5.74, 6) is -0.413. The number of methoxy groups -OCH3 is 1. The Morgan fingerprint density at radius 2 is 1.86 bits per heavy atom. The molecule has 0 saturated heterocycles. The molecule has 3 aromatic rings. The molecular weight excluding hydrogens is 278 g/mol. The number of nitrogens with zero attached hydrogens (tertiary/aromatic N) is 1. The molecule has 0 atom stereocenters. The number of rotatable bonds is 3. The summed E-state index contributed by atoms with van der Waals surface area (Å²) in [4.78, 5) is 23.2. The second-order valence-corrected chi connectivity index (χ2v) is 5.01. The molecule has 0 aliphatic carbocycles. The molecule has 3 rings (SSSR count). The fourth-order valence-corrected chi connectivity index (χ4v) is 2.75. The summed E-state index contributed by atoms with van der Waals surface area (Å²) in [6, 6.07) is 15.1. The van der Waals surface area contributed by atoms with E-state index in [4.69, 9.17) is 4.74 Å². The second kappa shape index (κ2) is 5.48. The van der Waals surface area contributed by atoms with Gasteiger partial charge in [-0.1, -0.05) is 18.2 Å². The molecule has 1 aromatic heterocycles. The second-order valence-electron chi connectivity index (χ2n) is 5.01. The van der Waals surface area contributed by atoms with E-state index < -0.39 is 5.97 Å². The van der Waals surface area contributed by atoms with Gasteiger partial charge >= 0.3 is 5.97 Å². The largest absolute Gasteiger partial charge is 0.465 e. The Hall–Kier alpha value is -2.88. The lowest BCUT2D eigenvalue weighted by molar-refractivity contribution is 0.0601. The summed E-state index contributed by atoms with van der Waals surface area (Å²) in [6.07, 6.45) is 0.832. The molecule has 0 saturated carbocycles. The van der Waals surface area contributed by atoms with Crippen LogP contribution in [0.15, 0.2) is 48.5 Å². The highest BCUT2D eigenvalue weighted by molar-refractivity contribution is 6.03. The molecule has 0 radical (unpaired) electrons. The number of ether oxygens (including phenoxy) is 1. The van der Waals surface area contributed by atoms with Crippen molar-refractivity contribution < 1.29 is 14.3 Å². The van der Waals surface area contributed by atoms with Gasteiger partial charge in [0.15, 0.2) is 6.29 Å². The maximum absolute atomic E-state index is 11.7. The third-order valence-electron chi connectivity index (χ3n) is 3.81. The van der Waals surface area contributed by atoms with E-state index in [-0.39, 0.29) is 0 Å². The number of fused-ring (bicyclic) bond motifs is 1. The van der Waals surface area contributed by atoms with Crippen LogP contribution in [0.3, 0.4) is 0 Å². The van der Waals surface area contributed by atoms with Crippen molar-refractivity contribution in [3.63, 3.8) is 0 Å². The minimum Gasteiger partial charge on any atom is -0.465 e. The Morgan fingerprint density at radius 1 is 1.14 bits per heavy atom. The van der Waals surface area contributed by atoms with Gasteiger partial charge in [0, 0.05) is 22.3 Å². The van der Waals surface area contributed by atoms with E-state index in [0.29, 0.717) is 11.1 Å². The molecule has 1 heterocycles. The van der Waals surface area contributed by atoms with Gasteiger partial charge in [-0.05, 0) is 37.3 Å². The Balaban J connectivity index is 2.33. The molecule has 0 unspecified atom stereocenters. The first-order valence-corrected chi connectivity index (χ1v) is 6.91. The van der Waals surface area contributed by atoms with Crippen molar-refractivity contribution in [3.8, 4) is 5.69 Å². The van der Waals surface area contributed by atoms with Gasteiger partial charge in [-0.2, -0.15) is 0 Å². The molecule has 4 heteroatoms. The minimum absolute atomic E-state index is 0.413. The molecule has 0 fully saturated rings. The van der Waals surface area contributed by atoms with E-state index >= 15 is 0 Å². The zero-order valence-corrected chi connectivity index (χ0v) is 12.4. The molecule has 0 N–H and O–H groups in total. The molecule has 4 nitrogen and oxygen atoms in total. The summed E-state index contributed by atoms with van der Waals surface area (Å²) in [7, 11) is 1.34. The number of esters is 1. The lowest BCUT2D eigenvalue weighted by atomic mass is 10.1. The van der Waals surface area contributed by atoms with Crippen LogP contribution in [0.4, 0.5) is 0 Å². The van der Waals surface area contributed by atoms with Crippen LogP contribution in [0.2, 0.25) is 0 Å². The third kappa shape index (κ3) is 2.09. The molecular formula is C18H15NO3. The molecule has 110 valence electrons. The van der Waals surface area contributed by atoms with E-state index in [1.807, 2.05) is 47.9 Å². The van der Waals surface area contributed by atoms with E-state index in [0.717, 1.165) is 28.6 Å². The predicted molar refractivity (Wildman–Crippen MR) is 84.7 cm³/mol. The minimum atomic E-state index is -0.413. The first-order valence-electron chi connectivity index (χ1n) is 6.91. The van der Waals surface area contributed by atoms with Gasteiger partial charge in [-0.25, -0.2) is 4.79 Å². The normalized spacial score (nSPS) is 10.6. The number of hydrogen-bond donors (Lipinski definition) is 0. The Bertz CT molecular complexity index is 863. The molecule has 2 aromatic carbocycles. The van der Waals surface area contributed by atoms with Gasteiger partial charge in [-0.15, -0.1) is 0 Å². The van der Waals surface area contributed by atoms with Crippen LogP contribution in [0.25, 0.3) is 16.6 Å². The fourth-order valence-electron chi connectivity index (χ4n) is 2.75. The van der Waals surface area contributed by atoms with Crippen molar-refractivity contribution in [1.82, 2.24) is 4.57 Å². The number of carbonyl (C=O) groups excluding carboxylic acids is 2. The molecule has 0 bridgehead atoms. The molecule has 22 heavy (non-hydrogen) atoms. The first-order chi connectivity index (χ1) is 10.7.